The van der Waals surface area contributed by atoms with Crippen LogP contribution < -0.4 is 0 Å². The van der Waals surface area contributed by atoms with Gasteiger partial charge in [-0.05, 0) is 34.7 Å². The first kappa shape index (κ1) is 11.4. The van der Waals surface area contributed by atoms with E-state index < -0.39 is 0 Å². The molecule has 0 amide bonds. The predicted octanol–water partition coefficient (Wildman–Crippen LogP) is 5.24. The summed E-state index contributed by atoms with van der Waals surface area (Å²) in [5, 5.41) is 0. The maximum atomic E-state index is 3.62. The maximum absolute atomic E-state index is 3.62. The Morgan fingerprint density at radius 1 is 0.938 bits per heavy atom. The van der Waals surface area contributed by atoms with Crippen LogP contribution in [-0.4, -0.2) is 0 Å². The average Bonchev–Trinajstić information content (AvgIpc) is 2.30. The highest BCUT2D eigenvalue weighted by atomic mass is 79.9. The van der Waals surface area contributed by atoms with Gasteiger partial charge in [0, 0.05) is 4.47 Å². The van der Waals surface area contributed by atoms with Crippen molar-refractivity contribution < 1.29 is 0 Å². The zero-order valence-corrected chi connectivity index (χ0v) is 11.2. The van der Waals surface area contributed by atoms with Crippen LogP contribution in [0, 0.1) is 0 Å². The summed E-state index contributed by atoms with van der Waals surface area (Å²) in [6.45, 7) is 4.44. The summed E-state index contributed by atoms with van der Waals surface area (Å²) < 4.78 is 1.16. The molecule has 0 heterocycles. The Labute approximate surface area is 105 Å². The van der Waals surface area contributed by atoms with Crippen LogP contribution in [0.25, 0.3) is 11.1 Å². The number of hydrogen-bond acceptors (Lipinski definition) is 0. The third-order valence-corrected chi connectivity index (χ3v) is 3.43. The monoisotopic (exact) mass is 274 g/mol. The molecule has 82 valence electrons. The molecule has 0 N–H and O–H groups in total. The quantitative estimate of drug-likeness (QED) is 0.703. The Bertz CT molecular complexity index is 472. The average molecular weight is 275 g/mol. The van der Waals surface area contributed by atoms with Crippen molar-refractivity contribution >= 4 is 15.9 Å². The van der Waals surface area contributed by atoms with Gasteiger partial charge < -0.3 is 0 Å². The minimum absolute atomic E-state index is 0.565. The molecule has 0 aliphatic carbocycles. The van der Waals surface area contributed by atoms with E-state index in [2.05, 4.69) is 72.2 Å². The van der Waals surface area contributed by atoms with Crippen LogP contribution in [0.5, 0.6) is 0 Å². The molecular formula is C15H15Br. The smallest absolute Gasteiger partial charge is 0.0253 e. The largest absolute Gasteiger partial charge is 0.0622 e. The second-order valence-corrected chi connectivity index (χ2v) is 5.11. The Balaban J connectivity index is 2.52. The Morgan fingerprint density at radius 2 is 1.62 bits per heavy atom. The maximum Gasteiger partial charge on any atom is 0.0253 e. The Hall–Kier alpha value is -1.08. The third kappa shape index (κ3) is 2.35. The fraction of sp³-hybridized carbons (Fsp3) is 0.200. The van der Waals surface area contributed by atoms with E-state index in [1.165, 1.54) is 16.7 Å². The molecule has 0 fully saturated rings. The standard InChI is InChI=1S/C15H15Br/c1-11(2)13-8-9-15(16)14(10-13)12-6-4-3-5-7-12/h3-11H,1-2H3. The van der Waals surface area contributed by atoms with Crippen LogP contribution in [0.1, 0.15) is 25.3 Å². The number of hydrogen-bond donors (Lipinski definition) is 0. The van der Waals surface area contributed by atoms with E-state index in [9.17, 15) is 0 Å². The molecule has 0 spiro atoms. The highest BCUT2D eigenvalue weighted by Gasteiger charge is 2.06. The van der Waals surface area contributed by atoms with Gasteiger partial charge in [0.2, 0.25) is 0 Å². The van der Waals surface area contributed by atoms with Crippen molar-refractivity contribution in [3.63, 3.8) is 0 Å². The lowest BCUT2D eigenvalue weighted by Crippen LogP contribution is -1.89. The molecule has 0 atom stereocenters. The van der Waals surface area contributed by atoms with Crippen LogP contribution in [0.15, 0.2) is 53.0 Å². The topological polar surface area (TPSA) is 0 Å². The highest BCUT2D eigenvalue weighted by molar-refractivity contribution is 9.10. The van der Waals surface area contributed by atoms with E-state index in [-0.39, 0.29) is 0 Å². The Morgan fingerprint density at radius 3 is 2.25 bits per heavy atom. The molecule has 2 rings (SSSR count). The summed E-state index contributed by atoms with van der Waals surface area (Å²) in [4.78, 5) is 0. The molecule has 0 unspecified atom stereocenters. The third-order valence-electron chi connectivity index (χ3n) is 2.74. The Kier molecular flexibility index (Phi) is 3.45. The lowest BCUT2D eigenvalue weighted by molar-refractivity contribution is 0.867. The van der Waals surface area contributed by atoms with Gasteiger partial charge >= 0.3 is 0 Å². The van der Waals surface area contributed by atoms with Crippen LogP contribution in [0.4, 0.5) is 0 Å². The first-order valence-electron chi connectivity index (χ1n) is 5.53. The van der Waals surface area contributed by atoms with Crippen molar-refractivity contribution in [3.8, 4) is 11.1 Å². The second kappa shape index (κ2) is 4.84. The van der Waals surface area contributed by atoms with E-state index in [1.54, 1.807) is 0 Å². The number of rotatable bonds is 2. The van der Waals surface area contributed by atoms with Crippen molar-refractivity contribution in [1.82, 2.24) is 0 Å². The lowest BCUT2D eigenvalue weighted by atomic mass is 9.97. The van der Waals surface area contributed by atoms with Gasteiger partial charge in [-0.2, -0.15) is 0 Å². The first-order chi connectivity index (χ1) is 7.68. The van der Waals surface area contributed by atoms with Gasteiger partial charge in [0.05, 0.1) is 0 Å². The second-order valence-electron chi connectivity index (χ2n) is 4.26. The fourth-order valence-electron chi connectivity index (χ4n) is 1.74. The fourth-order valence-corrected chi connectivity index (χ4v) is 2.22. The van der Waals surface area contributed by atoms with Gasteiger partial charge in [0.25, 0.3) is 0 Å². The van der Waals surface area contributed by atoms with Crippen molar-refractivity contribution in [2.75, 3.05) is 0 Å². The molecule has 0 nitrogen and oxygen atoms in total. The number of benzene rings is 2. The first-order valence-corrected chi connectivity index (χ1v) is 6.32. The van der Waals surface area contributed by atoms with Gasteiger partial charge in [-0.15, -0.1) is 0 Å². The van der Waals surface area contributed by atoms with Gasteiger partial charge in [-0.1, -0.05) is 66.2 Å². The SMILES string of the molecule is CC(C)c1ccc(Br)c(-c2ccccc2)c1. The summed E-state index contributed by atoms with van der Waals surface area (Å²) in [7, 11) is 0. The predicted molar refractivity (Wildman–Crippen MR) is 73.7 cm³/mol. The number of halogens is 1. The van der Waals surface area contributed by atoms with E-state index >= 15 is 0 Å². The van der Waals surface area contributed by atoms with Crippen LogP contribution in [-0.2, 0) is 0 Å². The highest BCUT2D eigenvalue weighted by Crippen LogP contribution is 2.31. The molecule has 0 aliphatic heterocycles. The molecule has 0 radical (unpaired) electrons. The van der Waals surface area contributed by atoms with Gasteiger partial charge in [0.15, 0.2) is 0 Å². The molecule has 0 saturated carbocycles. The molecule has 2 aromatic carbocycles. The molecule has 0 saturated heterocycles. The van der Waals surface area contributed by atoms with Gasteiger partial charge in [-0.25, -0.2) is 0 Å². The van der Waals surface area contributed by atoms with Crippen molar-refractivity contribution in [1.29, 1.82) is 0 Å². The van der Waals surface area contributed by atoms with Crippen molar-refractivity contribution in [2.45, 2.75) is 19.8 Å². The lowest BCUT2D eigenvalue weighted by Gasteiger charge is -2.10. The summed E-state index contributed by atoms with van der Waals surface area (Å²) in [5.74, 6) is 0.565. The van der Waals surface area contributed by atoms with E-state index in [0.717, 1.165) is 4.47 Å². The summed E-state index contributed by atoms with van der Waals surface area (Å²) in [6.07, 6.45) is 0. The molecular weight excluding hydrogens is 260 g/mol. The minimum atomic E-state index is 0.565. The summed E-state index contributed by atoms with van der Waals surface area (Å²) in [6, 6.07) is 17.1. The zero-order valence-electron chi connectivity index (χ0n) is 9.57. The van der Waals surface area contributed by atoms with Gasteiger partial charge in [-0.3, -0.25) is 0 Å². The molecule has 0 aromatic heterocycles. The molecule has 0 bridgehead atoms. The molecule has 0 aliphatic rings. The molecule has 2 aromatic rings. The molecule has 1 heteroatoms. The van der Waals surface area contributed by atoms with E-state index in [4.69, 9.17) is 0 Å². The van der Waals surface area contributed by atoms with Crippen molar-refractivity contribution in [2.24, 2.45) is 0 Å². The summed E-state index contributed by atoms with van der Waals surface area (Å²) in [5.41, 5.74) is 3.91. The van der Waals surface area contributed by atoms with E-state index in [0.29, 0.717) is 5.92 Å². The zero-order chi connectivity index (χ0) is 11.5. The van der Waals surface area contributed by atoms with Crippen molar-refractivity contribution in [3.05, 3.63) is 58.6 Å². The normalized spacial score (nSPS) is 10.8. The minimum Gasteiger partial charge on any atom is -0.0622 e. The van der Waals surface area contributed by atoms with Gasteiger partial charge in [0.1, 0.15) is 0 Å². The van der Waals surface area contributed by atoms with Crippen LogP contribution >= 0.6 is 15.9 Å². The summed E-state index contributed by atoms with van der Waals surface area (Å²) >= 11 is 3.62. The van der Waals surface area contributed by atoms with E-state index in [1.807, 2.05) is 6.07 Å². The van der Waals surface area contributed by atoms with Crippen LogP contribution in [0.2, 0.25) is 0 Å². The molecule has 16 heavy (non-hydrogen) atoms. The van der Waals surface area contributed by atoms with Crippen LogP contribution in [0.3, 0.4) is 0 Å².